The Bertz CT molecular complexity index is 446. The van der Waals surface area contributed by atoms with E-state index in [1.54, 1.807) is 0 Å². The summed E-state index contributed by atoms with van der Waals surface area (Å²) < 4.78 is 0. The molecular formula is C16H23ClN2. The second kappa shape index (κ2) is 5.43. The lowest BCUT2D eigenvalue weighted by atomic mass is 9.90. The summed E-state index contributed by atoms with van der Waals surface area (Å²) in [6.45, 7) is 6.84. The zero-order valence-corrected chi connectivity index (χ0v) is 12.5. The molecule has 2 nitrogen and oxygen atoms in total. The van der Waals surface area contributed by atoms with Crippen LogP contribution in [0, 0.1) is 0 Å². The molecule has 1 N–H and O–H groups in total. The maximum atomic E-state index is 6.49. The average Bonchev–Trinajstić information content (AvgIpc) is 3.04. The molecular weight excluding hydrogens is 256 g/mol. The SMILES string of the molecule is CC1(c2ccc(CN3CCCC3)c(Cl)c2)CCCN1. The van der Waals surface area contributed by atoms with Gasteiger partial charge in [-0.3, -0.25) is 4.90 Å². The molecule has 1 aromatic rings. The third kappa shape index (κ3) is 2.81. The average molecular weight is 279 g/mol. The minimum Gasteiger partial charge on any atom is -0.308 e. The van der Waals surface area contributed by atoms with Gasteiger partial charge < -0.3 is 5.32 Å². The zero-order valence-electron chi connectivity index (χ0n) is 11.7. The van der Waals surface area contributed by atoms with Crippen molar-refractivity contribution in [1.29, 1.82) is 0 Å². The van der Waals surface area contributed by atoms with Gasteiger partial charge in [-0.15, -0.1) is 0 Å². The van der Waals surface area contributed by atoms with Gasteiger partial charge in [-0.1, -0.05) is 23.7 Å². The van der Waals surface area contributed by atoms with Crippen molar-refractivity contribution in [3.63, 3.8) is 0 Å². The molecule has 3 rings (SSSR count). The highest BCUT2D eigenvalue weighted by atomic mass is 35.5. The molecule has 19 heavy (non-hydrogen) atoms. The molecule has 3 heteroatoms. The molecule has 1 aromatic carbocycles. The first-order valence-corrected chi connectivity index (χ1v) is 7.81. The standard InChI is InChI=1S/C16H23ClN2/c1-16(7-4-8-18-16)14-6-5-13(15(17)11-14)12-19-9-2-3-10-19/h5-6,11,18H,2-4,7-10,12H2,1H3. The number of nitrogens with zero attached hydrogens (tertiary/aromatic N) is 1. The number of nitrogens with one attached hydrogen (secondary N) is 1. The third-order valence-corrected chi connectivity index (χ3v) is 5.00. The van der Waals surface area contributed by atoms with Gasteiger partial charge in [-0.2, -0.15) is 0 Å². The van der Waals surface area contributed by atoms with E-state index >= 15 is 0 Å². The number of halogens is 1. The van der Waals surface area contributed by atoms with E-state index in [-0.39, 0.29) is 5.54 Å². The molecule has 2 aliphatic rings. The van der Waals surface area contributed by atoms with E-state index in [2.05, 4.69) is 35.3 Å². The van der Waals surface area contributed by atoms with Crippen LogP contribution < -0.4 is 5.32 Å². The fourth-order valence-electron chi connectivity index (χ4n) is 3.34. The lowest BCUT2D eigenvalue weighted by Crippen LogP contribution is -2.33. The zero-order chi connectivity index (χ0) is 13.3. The molecule has 104 valence electrons. The Kier molecular flexibility index (Phi) is 3.84. The van der Waals surface area contributed by atoms with Gasteiger partial charge in [-0.05, 0) is 69.4 Å². The third-order valence-electron chi connectivity index (χ3n) is 4.65. The van der Waals surface area contributed by atoms with Crippen LogP contribution in [0.3, 0.4) is 0 Å². The van der Waals surface area contributed by atoms with Crippen LogP contribution in [0.1, 0.15) is 43.7 Å². The highest BCUT2D eigenvalue weighted by Crippen LogP contribution is 2.33. The van der Waals surface area contributed by atoms with Crippen molar-refractivity contribution in [2.24, 2.45) is 0 Å². The summed E-state index contributed by atoms with van der Waals surface area (Å²) in [4.78, 5) is 2.50. The first kappa shape index (κ1) is 13.4. The van der Waals surface area contributed by atoms with E-state index in [9.17, 15) is 0 Å². The fourth-order valence-corrected chi connectivity index (χ4v) is 3.58. The molecule has 0 radical (unpaired) electrons. The second-order valence-corrected chi connectivity index (χ2v) is 6.56. The van der Waals surface area contributed by atoms with E-state index < -0.39 is 0 Å². The topological polar surface area (TPSA) is 15.3 Å². The molecule has 2 aliphatic heterocycles. The van der Waals surface area contributed by atoms with Crippen LogP contribution in [0.25, 0.3) is 0 Å². The summed E-state index contributed by atoms with van der Waals surface area (Å²) in [5.41, 5.74) is 2.73. The van der Waals surface area contributed by atoms with E-state index in [0.29, 0.717) is 0 Å². The molecule has 2 saturated heterocycles. The van der Waals surface area contributed by atoms with E-state index in [4.69, 9.17) is 11.6 Å². The first-order valence-electron chi connectivity index (χ1n) is 7.44. The van der Waals surface area contributed by atoms with Crippen molar-refractivity contribution in [1.82, 2.24) is 10.2 Å². The van der Waals surface area contributed by atoms with Crippen molar-refractivity contribution in [2.75, 3.05) is 19.6 Å². The Hall–Kier alpha value is -0.570. The van der Waals surface area contributed by atoms with Gasteiger partial charge in [0.15, 0.2) is 0 Å². The first-order chi connectivity index (χ1) is 9.17. The smallest absolute Gasteiger partial charge is 0.0454 e. The number of hydrogen-bond donors (Lipinski definition) is 1. The summed E-state index contributed by atoms with van der Waals surface area (Å²) in [5, 5.41) is 4.53. The van der Waals surface area contributed by atoms with Crippen LogP contribution >= 0.6 is 11.6 Å². The van der Waals surface area contributed by atoms with Crippen molar-refractivity contribution >= 4 is 11.6 Å². The molecule has 0 saturated carbocycles. The summed E-state index contributed by atoms with van der Waals surface area (Å²) in [6.07, 6.45) is 5.12. The molecule has 0 bridgehead atoms. The number of hydrogen-bond acceptors (Lipinski definition) is 2. The molecule has 0 aliphatic carbocycles. The normalized spacial score (nSPS) is 28.1. The Morgan fingerprint density at radius 2 is 2.05 bits per heavy atom. The largest absolute Gasteiger partial charge is 0.308 e. The van der Waals surface area contributed by atoms with Gasteiger partial charge in [0, 0.05) is 17.1 Å². The Balaban J connectivity index is 1.77. The Morgan fingerprint density at radius 1 is 1.26 bits per heavy atom. The Labute approximate surface area is 121 Å². The molecule has 2 heterocycles. The van der Waals surface area contributed by atoms with Crippen LogP contribution in [0.15, 0.2) is 18.2 Å². The molecule has 1 atom stereocenters. The second-order valence-electron chi connectivity index (χ2n) is 6.15. The van der Waals surface area contributed by atoms with Gasteiger partial charge in [-0.25, -0.2) is 0 Å². The summed E-state index contributed by atoms with van der Waals surface area (Å²) in [7, 11) is 0. The monoisotopic (exact) mass is 278 g/mol. The van der Waals surface area contributed by atoms with Crippen molar-refractivity contribution in [3.8, 4) is 0 Å². The lowest BCUT2D eigenvalue weighted by Gasteiger charge is -2.26. The number of likely N-dealkylation sites (tertiary alicyclic amines) is 1. The van der Waals surface area contributed by atoms with Gasteiger partial charge in [0.25, 0.3) is 0 Å². The number of benzene rings is 1. The fraction of sp³-hybridized carbons (Fsp3) is 0.625. The van der Waals surface area contributed by atoms with E-state index in [0.717, 1.165) is 18.1 Å². The van der Waals surface area contributed by atoms with Crippen LogP contribution in [0.2, 0.25) is 5.02 Å². The molecule has 0 amide bonds. The van der Waals surface area contributed by atoms with Gasteiger partial charge in [0.2, 0.25) is 0 Å². The van der Waals surface area contributed by atoms with E-state index in [1.807, 2.05) is 0 Å². The van der Waals surface area contributed by atoms with Crippen molar-refractivity contribution in [2.45, 2.75) is 44.7 Å². The summed E-state index contributed by atoms with van der Waals surface area (Å²) in [5.74, 6) is 0. The predicted octanol–water partition coefficient (Wildman–Crippen LogP) is 3.53. The molecule has 0 aromatic heterocycles. The minimum atomic E-state index is 0.121. The maximum absolute atomic E-state index is 6.49. The summed E-state index contributed by atoms with van der Waals surface area (Å²) in [6, 6.07) is 6.65. The minimum absolute atomic E-state index is 0.121. The maximum Gasteiger partial charge on any atom is 0.0454 e. The van der Waals surface area contributed by atoms with Crippen LogP contribution in [-0.4, -0.2) is 24.5 Å². The molecule has 1 unspecified atom stereocenters. The highest BCUT2D eigenvalue weighted by Gasteiger charge is 2.30. The quantitative estimate of drug-likeness (QED) is 0.910. The van der Waals surface area contributed by atoms with Crippen molar-refractivity contribution in [3.05, 3.63) is 34.3 Å². The molecule has 2 fully saturated rings. The van der Waals surface area contributed by atoms with Crippen LogP contribution in [-0.2, 0) is 12.1 Å². The van der Waals surface area contributed by atoms with Crippen molar-refractivity contribution < 1.29 is 0 Å². The van der Waals surface area contributed by atoms with E-state index in [1.165, 1.54) is 49.9 Å². The van der Waals surface area contributed by atoms with Gasteiger partial charge in [0.1, 0.15) is 0 Å². The van der Waals surface area contributed by atoms with Crippen LogP contribution in [0.5, 0.6) is 0 Å². The summed E-state index contributed by atoms with van der Waals surface area (Å²) >= 11 is 6.49. The lowest BCUT2D eigenvalue weighted by molar-refractivity contribution is 0.331. The van der Waals surface area contributed by atoms with Crippen LogP contribution in [0.4, 0.5) is 0 Å². The highest BCUT2D eigenvalue weighted by molar-refractivity contribution is 6.31. The van der Waals surface area contributed by atoms with Gasteiger partial charge >= 0.3 is 0 Å². The molecule has 0 spiro atoms. The Morgan fingerprint density at radius 3 is 2.68 bits per heavy atom. The predicted molar refractivity (Wildman–Crippen MR) is 80.6 cm³/mol. The number of rotatable bonds is 3. The van der Waals surface area contributed by atoms with Gasteiger partial charge in [0.05, 0.1) is 0 Å².